The number of methoxy groups -OCH3 is 1. The highest BCUT2D eigenvalue weighted by Gasteiger charge is 2.04. The van der Waals surface area contributed by atoms with Crippen molar-refractivity contribution in [1.29, 1.82) is 0 Å². The van der Waals surface area contributed by atoms with Crippen LogP contribution >= 0.6 is 23.5 Å². The molecule has 0 atom stereocenters. The van der Waals surface area contributed by atoms with Gasteiger partial charge in [-0.1, -0.05) is 12.1 Å². The second-order valence-electron chi connectivity index (χ2n) is 3.81. The molecule has 0 spiro atoms. The molecule has 0 saturated heterocycles. The Balaban J connectivity index is 2.62. The first-order chi connectivity index (χ1) is 9.21. The molecule has 1 N–H and O–H groups in total. The van der Waals surface area contributed by atoms with E-state index in [-0.39, 0.29) is 0 Å². The van der Waals surface area contributed by atoms with E-state index in [2.05, 4.69) is 29.2 Å². The summed E-state index contributed by atoms with van der Waals surface area (Å²) in [7, 11) is 3.62. The quantitative estimate of drug-likeness (QED) is 0.585. The van der Waals surface area contributed by atoms with Crippen LogP contribution < -0.4 is 10.1 Å². The molecule has 0 aliphatic carbocycles. The second kappa shape index (κ2) is 9.07. The zero-order valence-corrected chi connectivity index (χ0v) is 13.2. The first-order valence-corrected chi connectivity index (χ1v) is 7.89. The van der Waals surface area contributed by atoms with Crippen LogP contribution in [0.5, 0.6) is 5.75 Å². The van der Waals surface area contributed by atoms with Crippen LogP contribution in [0.2, 0.25) is 0 Å². The van der Waals surface area contributed by atoms with Gasteiger partial charge in [0.15, 0.2) is 0 Å². The molecule has 3 nitrogen and oxygen atoms in total. The van der Waals surface area contributed by atoms with E-state index in [1.807, 2.05) is 26.1 Å². The number of hydrogen-bond donors (Lipinski definition) is 1. The first-order valence-electron chi connectivity index (χ1n) is 5.92. The van der Waals surface area contributed by atoms with Gasteiger partial charge in [-0.15, -0.1) is 23.5 Å². The SMILES string of the molecule is C=N/C(C)=C(\SCNC)SCc1ccc(OC)cc1. The fraction of sp³-hybridized carbons (Fsp3) is 0.357. The lowest BCUT2D eigenvalue weighted by Gasteiger charge is -2.09. The maximum atomic E-state index is 5.15. The summed E-state index contributed by atoms with van der Waals surface area (Å²) in [6, 6.07) is 8.14. The molecule has 0 unspecified atom stereocenters. The van der Waals surface area contributed by atoms with Gasteiger partial charge in [0.2, 0.25) is 0 Å². The maximum absolute atomic E-state index is 5.15. The van der Waals surface area contributed by atoms with Crippen LogP contribution in [-0.4, -0.2) is 26.8 Å². The molecule has 1 aromatic rings. The average Bonchev–Trinajstić information content (AvgIpc) is 2.47. The van der Waals surface area contributed by atoms with E-state index in [0.717, 1.165) is 23.1 Å². The van der Waals surface area contributed by atoms with Crippen molar-refractivity contribution >= 4 is 30.2 Å². The first kappa shape index (κ1) is 16.1. The Kier molecular flexibility index (Phi) is 7.70. The lowest BCUT2D eigenvalue weighted by atomic mass is 10.2. The highest BCUT2D eigenvalue weighted by molar-refractivity contribution is 8.21. The van der Waals surface area contributed by atoms with Crippen LogP contribution in [0.3, 0.4) is 0 Å². The summed E-state index contributed by atoms with van der Waals surface area (Å²) in [5.74, 6) is 2.68. The third kappa shape index (κ3) is 5.72. The third-order valence-corrected chi connectivity index (χ3v) is 5.14. The molecule has 0 bridgehead atoms. The van der Waals surface area contributed by atoms with Gasteiger partial charge in [0, 0.05) is 11.6 Å². The van der Waals surface area contributed by atoms with Crippen LogP contribution in [0.25, 0.3) is 0 Å². The van der Waals surface area contributed by atoms with E-state index in [9.17, 15) is 0 Å². The predicted octanol–water partition coefficient (Wildman–Crippen LogP) is 3.73. The largest absolute Gasteiger partial charge is 0.497 e. The van der Waals surface area contributed by atoms with Crippen molar-refractivity contribution < 1.29 is 4.74 Å². The van der Waals surface area contributed by atoms with Crippen LogP contribution in [0.4, 0.5) is 0 Å². The van der Waals surface area contributed by atoms with Gasteiger partial charge in [0.25, 0.3) is 0 Å². The summed E-state index contributed by atoms with van der Waals surface area (Å²) in [6.07, 6.45) is 0. The van der Waals surface area contributed by atoms with Gasteiger partial charge in [-0.05, 0) is 38.4 Å². The summed E-state index contributed by atoms with van der Waals surface area (Å²) in [5.41, 5.74) is 2.25. The number of aliphatic imine (C=N–C) groups is 1. The van der Waals surface area contributed by atoms with Crippen molar-refractivity contribution in [3.8, 4) is 5.75 Å². The lowest BCUT2D eigenvalue weighted by Crippen LogP contribution is -2.03. The fourth-order valence-electron chi connectivity index (χ4n) is 1.32. The molecule has 19 heavy (non-hydrogen) atoms. The van der Waals surface area contributed by atoms with Gasteiger partial charge >= 0.3 is 0 Å². The van der Waals surface area contributed by atoms with Gasteiger partial charge in [0.05, 0.1) is 17.0 Å². The topological polar surface area (TPSA) is 33.6 Å². The van der Waals surface area contributed by atoms with Crippen molar-refractivity contribution in [2.75, 3.05) is 20.0 Å². The monoisotopic (exact) mass is 296 g/mol. The number of allylic oxidation sites excluding steroid dienone is 1. The van der Waals surface area contributed by atoms with E-state index in [0.29, 0.717) is 0 Å². The zero-order valence-electron chi connectivity index (χ0n) is 11.6. The van der Waals surface area contributed by atoms with E-state index >= 15 is 0 Å². The zero-order chi connectivity index (χ0) is 14.1. The van der Waals surface area contributed by atoms with Crippen LogP contribution in [0.15, 0.2) is 39.2 Å². The number of hydrogen-bond acceptors (Lipinski definition) is 5. The van der Waals surface area contributed by atoms with Gasteiger partial charge in [-0.3, -0.25) is 4.99 Å². The van der Waals surface area contributed by atoms with Gasteiger partial charge in [-0.25, -0.2) is 0 Å². The van der Waals surface area contributed by atoms with Crippen molar-refractivity contribution in [2.24, 2.45) is 4.99 Å². The summed E-state index contributed by atoms with van der Waals surface area (Å²) in [5, 5.41) is 3.13. The predicted molar refractivity (Wildman–Crippen MR) is 88.1 cm³/mol. The molecule has 0 radical (unpaired) electrons. The normalized spacial score (nSPS) is 11.9. The van der Waals surface area contributed by atoms with E-state index in [4.69, 9.17) is 4.74 Å². The Morgan fingerprint density at radius 3 is 2.53 bits per heavy atom. The molecule has 0 heterocycles. The molecule has 0 fully saturated rings. The molecule has 0 amide bonds. The van der Waals surface area contributed by atoms with Gasteiger partial charge in [0.1, 0.15) is 5.75 Å². The number of benzene rings is 1. The average molecular weight is 296 g/mol. The van der Waals surface area contributed by atoms with Crippen LogP contribution in [-0.2, 0) is 5.75 Å². The number of nitrogens with zero attached hydrogens (tertiary/aromatic N) is 1. The summed E-state index contributed by atoms with van der Waals surface area (Å²) >= 11 is 3.54. The van der Waals surface area contributed by atoms with E-state index < -0.39 is 0 Å². The highest BCUT2D eigenvalue weighted by Crippen LogP contribution is 2.34. The number of thioether (sulfide) groups is 2. The third-order valence-electron chi connectivity index (χ3n) is 2.41. The molecule has 5 heteroatoms. The molecular formula is C14H20N2OS2. The molecule has 1 rings (SSSR count). The number of rotatable bonds is 8. The Morgan fingerprint density at radius 2 is 2.00 bits per heavy atom. The standard InChI is InChI=1S/C14H20N2OS2/c1-11(16-3)14(19-10-15-2)18-9-12-5-7-13(17-4)8-6-12/h5-8,15H,3,9-10H2,1-2,4H3/b14-11-. The summed E-state index contributed by atoms with van der Waals surface area (Å²) < 4.78 is 6.36. The van der Waals surface area contributed by atoms with Crippen molar-refractivity contribution in [3.63, 3.8) is 0 Å². The van der Waals surface area contributed by atoms with Crippen LogP contribution in [0.1, 0.15) is 12.5 Å². The second-order valence-corrected chi connectivity index (χ2v) is 6.04. The Bertz CT molecular complexity index is 430. The van der Waals surface area contributed by atoms with Gasteiger partial charge < -0.3 is 10.1 Å². The summed E-state index contributed by atoms with van der Waals surface area (Å²) in [4.78, 5) is 4.02. The number of ether oxygens (including phenoxy) is 1. The van der Waals surface area contributed by atoms with Gasteiger partial charge in [-0.2, -0.15) is 0 Å². The van der Waals surface area contributed by atoms with Crippen molar-refractivity contribution in [3.05, 3.63) is 39.8 Å². The van der Waals surface area contributed by atoms with Crippen molar-refractivity contribution in [1.82, 2.24) is 5.32 Å². The fourth-order valence-corrected chi connectivity index (χ4v) is 3.32. The maximum Gasteiger partial charge on any atom is 0.118 e. The highest BCUT2D eigenvalue weighted by atomic mass is 32.2. The minimum Gasteiger partial charge on any atom is -0.497 e. The molecule has 1 aromatic carbocycles. The molecular weight excluding hydrogens is 276 g/mol. The molecule has 0 saturated carbocycles. The van der Waals surface area contributed by atoms with Crippen molar-refractivity contribution in [2.45, 2.75) is 12.7 Å². The lowest BCUT2D eigenvalue weighted by molar-refractivity contribution is 0.414. The smallest absolute Gasteiger partial charge is 0.118 e. The van der Waals surface area contributed by atoms with E-state index in [1.165, 1.54) is 9.80 Å². The molecule has 0 aromatic heterocycles. The Labute approximate surface area is 123 Å². The summed E-state index contributed by atoms with van der Waals surface area (Å²) in [6.45, 7) is 5.59. The molecule has 104 valence electrons. The van der Waals surface area contributed by atoms with Crippen LogP contribution in [0, 0.1) is 0 Å². The Morgan fingerprint density at radius 1 is 1.32 bits per heavy atom. The minimum atomic E-state index is 0.873. The molecule has 0 aliphatic heterocycles. The molecule has 0 aliphatic rings. The number of nitrogens with one attached hydrogen (secondary N) is 1. The Hall–Kier alpha value is -0.910. The van der Waals surface area contributed by atoms with E-state index in [1.54, 1.807) is 30.6 Å². The minimum absolute atomic E-state index is 0.873.